The predicted octanol–water partition coefficient (Wildman–Crippen LogP) is 32.7. The van der Waals surface area contributed by atoms with Crippen LogP contribution in [0.15, 0.2) is 273 Å². The fourth-order valence-corrected chi connectivity index (χ4v) is 28.1. The minimum Gasteiger partial charge on any atom is -0.457 e. The summed E-state index contributed by atoms with van der Waals surface area (Å²) in [6.07, 6.45) is 5.15. The summed E-state index contributed by atoms with van der Waals surface area (Å²) in [4.78, 5) is 19.0. The lowest BCUT2D eigenvalue weighted by Gasteiger charge is -2.47. The summed E-state index contributed by atoms with van der Waals surface area (Å²) in [7, 11) is 0. The van der Waals surface area contributed by atoms with Crippen LogP contribution < -0.4 is 65.5 Å². The van der Waals surface area contributed by atoms with Crippen LogP contribution in [-0.2, 0) is 60.6 Å². The zero-order valence-electron chi connectivity index (χ0n) is 87.1. The fourth-order valence-electron chi connectivity index (χ4n) is 24.6. The van der Waals surface area contributed by atoms with Crippen molar-refractivity contribution in [1.82, 2.24) is 0 Å². The lowest BCUT2D eigenvalue weighted by atomic mass is 9.35. The largest absolute Gasteiger partial charge is 0.457 e. The normalized spacial score (nSPS) is 16.5. The number of hydrogen-bond acceptors (Lipinski definition) is 9. The quantitative estimate of drug-likeness (QED) is 0.106. The maximum atomic E-state index is 7.33. The van der Waals surface area contributed by atoms with Crippen molar-refractivity contribution in [2.45, 2.75) is 273 Å². The van der Waals surface area contributed by atoms with Crippen molar-refractivity contribution in [2.75, 3.05) is 29.4 Å². The van der Waals surface area contributed by atoms with Crippen LogP contribution in [0.1, 0.15) is 274 Å². The Morgan fingerprint density at radius 2 is 0.705 bits per heavy atom. The molecule has 0 radical (unpaired) electrons. The van der Waals surface area contributed by atoms with Gasteiger partial charge in [-0.15, -0.1) is 0 Å². The highest BCUT2D eigenvalue weighted by Gasteiger charge is 2.55. The van der Waals surface area contributed by atoms with Gasteiger partial charge in [0.2, 0.25) is 0 Å². The number of fused-ring (bicyclic) bond motifs is 14. The average Bonchev–Trinajstić information content (AvgIpc) is 1.62. The lowest BCUT2D eigenvalue weighted by Crippen LogP contribution is -2.61. The van der Waals surface area contributed by atoms with Gasteiger partial charge in [-0.2, -0.15) is 22.7 Å². The van der Waals surface area contributed by atoms with Crippen LogP contribution in [0.3, 0.4) is 0 Å². The van der Waals surface area contributed by atoms with E-state index in [1.165, 1.54) is 170 Å². The number of ether oxygens (including phenoxy) is 1. The smallest absolute Gasteiger partial charge is 0.264 e. The Morgan fingerprint density at radius 1 is 0.317 bits per heavy atom. The highest BCUT2D eigenvalue weighted by atomic mass is 32.1. The van der Waals surface area contributed by atoms with Crippen LogP contribution in [0.4, 0.5) is 102 Å². The number of nitrogens with zero attached hydrogens (tertiary/aromatic N) is 6. The molecule has 0 amide bonds. The molecular formula is C128H136B2N6OS2. The summed E-state index contributed by atoms with van der Waals surface area (Å²) < 4.78 is 10.2. The van der Waals surface area contributed by atoms with Crippen molar-refractivity contribution in [3.63, 3.8) is 0 Å². The molecule has 15 aromatic rings. The number of aryl methyl sites for hydroxylation is 3. The molecule has 11 heteroatoms. The van der Waals surface area contributed by atoms with Gasteiger partial charge >= 0.3 is 0 Å². The summed E-state index contributed by atoms with van der Waals surface area (Å²) in [6, 6.07) is 107. The van der Waals surface area contributed by atoms with Crippen LogP contribution >= 0.6 is 22.7 Å². The Bertz CT molecular complexity index is 7440. The Kier molecular flexibility index (Phi) is 21.2. The molecule has 7 heterocycles. The second-order valence-corrected chi connectivity index (χ2v) is 51.6. The maximum absolute atomic E-state index is 7.33. The Hall–Kier alpha value is -12.0. The highest BCUT2D eigenvalue weighted by molar-refractivity contribution is 7.30. The maximum Gasteiger partial charge on any atom is 0.264 e. The molecule has 2 aliphatic carbocycles. The molecule has 0 N–H and O–H groups in total. The summed E-state index contributed by atoms with van der Waals surface area (Å²) in [5, 5.41) is 0. The number of rotatable bonds is 13. The Morgan fingerprint density at radius 3 is 1.17 bits per heavy atom. The molecule has 13 aromatic carbocycles. The van der Waals surface area contributed by atoms with Crippen molar-refractivity contribution in [3.05, 3.63) is 355 Å². The van der Waals surface area contributed by atoms with Gasteiger partial charge in [0.25, 0.3) is 13.4 Å². The van der Waals surface area contributed by atoms with E-state index in [0.717, 1.165) is 89.1 Å². The van der Waals surface area contributed by atoms with E-state index >= 15 is 0 Å². The molecule has 22 rings (SSSR count). The van der Waals surface area contributed by atoms with E-state index in [-0.39, 0.29) is 62.2 Å². The molecule has 0 fully saturated rings. The van der Waals surface area contributed by atoms with Crippen LogP contribution in [0.2, 0.25) is 0 Å². The molecule has 0 bridgehead atoms. The number of para-hydroxylation sites is 3. The van der Waals surface area contributed by atoms with Crippen molar-refractivity contribution in [3.8, 4) is 11.5 Å². The monoisotopic (exact) mass is 1860 g/mol. The zero-order valence-corrected chi connectivity index (χ0v) is 88.7. The van der Waals surface area contributed by atoms with Crippen LogP contribution in [0.25, 0.3) is 0 Å². The number of thiophene rings is 2. The van der Waals surface area contributed by atoms with Gasteiger partial charge in [0.05, 0.1) is 28.4 Å². The third-order valence-corrected chi connectivity index (χ3v) is 35.8. The van der Waals surface area contributed by atoms with Crippen LogP contribution in [0.5, 0.6) is 11.5 Å². The molecule has 0 saturated carbocycles. The van der Waals surface area contributed by atoms with Crippen molar-refractivity contribution < 1.29 is 4.74 Å². The van der Waals surface area contributed by atoms with Crippen LogP contribution in [0, 0.1) is 20.8 Å². The molecule has 0 spiro atoms. The van der Waals surface area contributed by atoms with E-state index in [0.29, 0.717) is 0 Å². The van der Waals surface area contributed by atoms with Gasteiger partial charge in [0, 0.05) is 110 Å². The summed E-state index contributed by atoms with van der Waals surface area (Å²) in [5.41, 5.74) is 41.9. The van der Waals surface area contributed by atoms with E-state index in [9.17, 15) is 0 Å². The van der Waals surface area contributed by atoms with Gasteiger partial charge in [-0.3, -0.25) is 0 Å². The summed E-state index contributed by atoms with van der Waals surface area (Å²) in [6.45, 7) is 64.8. The van der Waals surface area contributed by atoms with E-state index in [1.54, 1.807) is 0 Å². The standard InChI is InChI=1S/C128H136B2N6OS2/c1-78-67-79(2)112(80(3)68-78)136-101-75-97-107(137-106-44-35-34-43-96(106)128(97,26)27)76-99(101)130-111-104(135(92-60-51-85(52-61-92)122(13,14)15)114-109-116(139-118(114)130)126(22,23)66-64-124(109,18)19)73-95(74-105(111)136)132(88-40-32-29-33-41-88)93-42-36-37-81(69-93)77-127(24,25)86-53-62-100-98(70-86)129-110-102(133(100)90-56-47-83(48-57-90)120(7,8)9)71-94(131(87-38-30-28-31-39-87)89-54-45-82(46-55-89)119(4,5)6)72-103(110)134(91-58-49-84(50-59-91)121(10,11)12)113-108-115(138-117(113)129)125(20,21)65-63-123(108,16)17/h28-62,67-76H,63-66,77H2,1-27H3. The minimum atomic E-state index is -0.403. The van der Waals surface area contributed by atoms with E-state index < -0.39 is 5.41 Å². The average molecular weight is 1860 g/mol. The first-order valence-corrected chi connectivity index (χ1v) is 52.6. The van der Waals surface area contributed by atoms with Gasteiger partial charge < -0.3 is 34.1 Å². The number of anilines is 18. The van der Waals surface area contributed by atoms with E-state index in [2.05, 4.69) is 512 Å². The Labute approximate surface area is 837 Å². The highest BCUT2D eigenvalue weighted by Crippen LogP contribution is 2.62. The molecule has 702 valence electrons. The molecular weight excluding hydrogens is 1720 g/mol. The number of hydrogen-bond donors (Lipinski definition) is 0. The summed E-state index contributed by atoms with van der Waals surface area (Å²) >= 11 is 4.20. The van der Waals surface area contributed by atoms with E-state index in [1.807, 2.05) is 0 Å². The van der Waals surface area contributed by atoms with Crippen LogP contribution in [-0.4, -0.2) is 13.4 Å². The molecule has 0 atom stereocenters. The van der Waals surface area contributed by atoms with Crippen molar-refractivity contribution >= 4 is 170 Å². The molecule has 139 heavy (non-hydrogen) atoms. The molecule has 5 aliphatic heterocycles. The van der Waals surface area contributed by atoms with Gasteiger partial charge in [-0.1, -0.05) is 311 Å². The predicted molar refractivity (Wildman–Crippen MR) is 601 cm³/mol. The first-order chi connectivity index (χ1) is 65.6. The molecule has 2 aromatic heterocycles. The third-order valence-electron chi connectivity index (χ3n) is 32.6. The Balaban J connectivity index is 0.756. The summed E-state index contributed by atoms with van der Waals surface area (Å²) in [5.74, 6) is 1.86. The van der Waals surface area contributed by atoms with Crippen molar-refractivity contribution in [2.24, 2.45) is 0 Å². The SMILES string of the molecule is Cc1cc(C)c(N2c3cc4c(cc3B3c5sc6c(c5N(c5ccc(C(C)(C)C)cc5)c5cc(N(c7ccccc7)c7cccc(CC(C)(C)c8ccc9c(c8)B8c%10sc%11c(c%10N(c%10ccc(C(C)(C)C)cc%10)c%10cc(N(c%12ccccc%12)c%12ccc(C(C)(C)C)cc%12)cc(c%108)N9c8ccc(C(C)(C)C)cc8)C(C)(C)CCC%11(C)C)c7)cc2c53)C(C)(C)CCC6(C)C)Oc2ccccc2C4(C)C)c(C)c1. The first-order valence-electron chi connectivity index (χ1n) is 51.0. The molecule has 0 unspecified atom stereocenters. The van der Waals surface area contributed by atoms with Gasteiger partial charge in [0.15, 0.2) is 0 Å². The first kappa shape index (κ1) is 92.0. The zero-order chi connectivity index (χ0) is 97.8. The molecule has 7 nitrogen and oxygen atoms in total. The molecule has 0 saturated heterocycles. The second-order valence-electron chi connectivity index (χ2n) is 49.5. The van der Waals surface area contributed by atoms with Gasteiger partial charge in [-0.25, -0.2) is 0 Å². The third kappa shape index (κ3) is 15.0. The van der Waals surface area contributed by atoms with Gasteiger partial charge in [-0.05, 0) is 313 Å². The van der Waals surface area contributed by atoms with E-state index in [4.69, 9.17) is 4.74 Å². The van der Waals surface area contributed by atoms with Crippen molar-refractivity contribution in [1.29, 1.82) is 0 Å². The van der Waals surface area contributed by atoms with Gasteiger partial charge in [0.1, 0.15) is 11.5 Å². The fraction of sp³-hybridized carbons (Fsp3) is 0.328. The number of benzene rings is 13. The second kappa shape index (κ2) is 32.0. The lowest BCUT2D eigenvalue weighted by molar-refractivity contribution is 0.339. The molecule has 7 aliphatic rings. The topological polar surface area (TPSA) is 28.7 Å². The minimum absolute atomic E-state index is 0.0295.